The van der Waals surface area contributed by atoms with Crippen molar-refractivity contribution in [1.29, 1.82) is 0 Å². The molecule has 0 saturated heterocycles. The van der Waals surface area contributed by atoms with Crippen LogP contribution >= 0.6 is 0 Å². The molecular weight excluding hydrogens is 356 g/mol. The van der Waals surface area contributed by atoms with Gasteiger partial charge in [-0.2, -0.15) is 8.42 Å². The smallest absolute Gasteiger partial charge is 0.296 e. The highest BCUT2D eigenvalue weighted by Gasteiger charge is 2.30. The monoisotopic (exact) mass is 376 g/mol. The van der Waals surface area contributed by atoms with Crippen LogP contribution in [0.2, 0.25) is 0 Å². The summed E-state index contributed by atoms with van der Waals surface area (Å²) in [6, 6.07) is 11.5. The first-order valence-electron chi connectivity index (χ1n) is 8.29. The van der Waals surface area contributed by atoms with Gasteiger partial charge in [0.1, 0.15) is 10.6 Å². The van der Waals surface area contributed by atoms with Gasteiger partial charge in [-0.1, -0.05) is 0 Å². The fraction of sp³-hybridized carbons (Fsp3) is 0.278. The van der Waals surface area contributed by atoms with E-state index >= 15 is 0 Å². The normalized spacial score (nSPS) is 13.9. The lowest BCUT2D eigenvalue weighted by Gasteiger charge is -2.13. The summed E-state index contributed by atoms with van der Waals surface area (Å²) >= 11 is 0. The molecule has 3 rings (SSSR count). The first-order valence-corrected chi connectivity index (χ1v) is 9.73. The molecule has 0 heterocycles. The molecule has 1 saturated carbocycles. The van der Waals surface area contributed by atoms with E-state index < -0.39 is 10.1 Å². The number of carbonyl (C=O) groups is 1. The summed E-state index contributed by atoms with van der Waals surface area (Å²) < 4.78 is 37.9. The van der Waals surface area contributed by atoms with Gasteiger partial charge in [-0.25, -0.2) is 0 Å². The van der Waals surface area contributed by atoms with E-state index in [1.165, 1.54) is 18.2 Å². The maximum Gasteiger partial charge on any atom is 0.296 e. The summed E-state index contributed by atoms with van der Waals surface area (Å²) in [6.45, 7) is 2.48. The Bertz CT molecular complexity index is 906. The largest absolute Gasteiger partial charge is 0.494 e. The van der Waals surface area contributed by atoms with Crippen molar-refractivity contribution in [2.45, 2.75) is 24.7 Å². The first-order chi connectivity index (χ1) is 12.4. The zero-order valence-corrected chi connectivity index (χ0v) is 15.0. The summed E-state index contributed by atoms with van der Waals surface area (Å²) in [6.07, 6.45) is 1.58. The summed E-state index contributed by atoms with van der Waals surface area (Å²) in [5.74, 6) is 0.414. The van der Waals surface area contributed by atoms with E-state index in [0.717, 1.165) is 24.3 Å². The van der Waals surface area contributed by atoms with Gasteiger partial charge in [0.05, 0.1) is 12.3 Å². The van der Waals surface area contributed by atoms with Gasteiger partial charge in [0, 0.05) is 17.3 Å². The van der Waals surface area contributed by atoms with E-state index in [2.05, 4.69) is 10.6 Å². The number of amides is 1. The molecule has 0 aromatic heterocycles. The standard InChI is InChI=1S/C18H20N2O5S/c1-2-25-15-8-5-13(6-9-15)19-14-7-10-17(26(22,23)24)16(11-14)20-18(21)12-3-4-12/h5-12,19H,2-4H2,1H3,(H,20,21)(H,22,23,24). The molecule has 0 aliphatic heterocycles. The Kier molecular flexibility index (Phi) is 5.15. The lowest BCUT2D eigenvalue weighted by Crippen LogP contribution is -2.16. The van der Waals surface area contributed by atoms with Crippen molar-refractivity contribution in [3.05, 3.63) is 42.5 Å². The summed E-state index contributed by atoms with van der Waals surface area (Å²) in [7, 11) is -4.44. The van der Waals surface area contributed by atoms with Crippen LogP contribution in [0, 0.1) is 5.92 Å². The summed E-state index contributed by atoms with van der Waals surface area (Å²) in [5, 5.41) is 5.72. The molecule has 1 aliphatic carbocycles. The zero-order chi connectivity index (χ0) is 18.7. The summed E-state index contributed by atoms with van der Waals surface area (Å²) in [5.41, 5.74) is 1.40. The van der Waals surface area contributed by atoms with Gasteiger partial charge in [-0.15, -0.1) is 0 Å². The lowest BCUT2D eigenvalue weighted by molar-refractivity contribution is -0.117. The van der Waals surface area contributed by atoms with Gasteiger partial charge in [0.15, 0.2) is 0 Å². The van der Waals surface area contributed by atoms with Gasteiger partial charge in [0.25, 0.3) is 10.1 Å². The van der Waals surface area contributed by atoms with Crippen molar-refractivity contribution >= 4 is 33.1 Å². The van der Waals surface area contributed by atoms with Crippen molar-refractivity contribution in [2.24, 2.45) is 5.92 Å². The average Bonchev–Trinajstić information content (AvgIpc) is 3.41. The molecule has 0 atom stereocenters. The zero-order valence-electron chi connectivity index (χ0n) is 14.2. The van der Waals surface area contributed by atoms with Gasteiger partial charge in [-0.05, 0) is 62.2 Å². The number of nitrogens with one attached hydrogen (secondary N) is 2. The SMILES string of the molecule is CCOc1ccc(Nc2ccc(S(=O)(=O)O)c(NC(=O)C3CC3)c2)cc1. The predicted molar refractivity (Wildman–Crippen MR) is 98.5 cm³/mol. The second kappa shape index (κ2) is 7.35. The van der Waals surface area contributed by atoms with E-state index in [1.807, 2.05) is 31.2 Å². The fourth-order valence-electron chi connectivity index (χ4n) is 2.48. The molecule has 26 heavy (non-hydrogen) atoms. The van der Waals surface area contributed by atoms with E-state index in [9.17, 15) is 17.8 Å². The van der Waals surface area contributed by atoms with Crippen molar-refractivity contribution < 1.29 is 22.5 Å². The third-order valence-corrected chi connectivity index (χ3v) is 4.83. The second-order valence-electron chi connectivity index (χ2n) is 6.03. The Labute approximate surface area is 152 Å². The molecule has 2 aromatic rings. The minimum atomic E-state index is -4.44. The van der Waals surface area contributed by atoms with Crippen LogP contribution in [0.3, 0.4) is 0 Å². The summed E-state index contributed by atoms with van der Waals surface area (Å²) in [4.78, 5) is 11.7. The highest BCUT2D eigenvalue weighted by molar-refractivity contribution is 7.86. The van der Waals surface area contributed by atoms with E-state index in [0.29, 0.717) is 12.3 Å². The third-order valence-electron chi connectivity index (χ3n) is 3.92. The molecule has 138 valence electrons. The van der Waals surface area contributed by atoms with Gasteiger partial charge in [0.2, 0.25) is 5.91 Å². The molecular formula is C18H20N2O5S. The minimum Gasteiger partial charge on any atom is -0.494 e. The predicted octanol–water partition coefficient (Wildman–Crippen LogP) is 3.42. The van der Waals surface area contributed by atoms with Gasteiger partial charge < -0.3 is 15.4 Å². The van der Waals surface area contributed by atoms with Crippen molar-refractivity contribution in [3.8, 4) is 5.75 Å². The molecule has 1 aliphatic rings. The van der Waals surface area contributed by atoms with Crippen molar-refractivity contribution in [1.82, 2.24) is 0 Å². The van der Waals surface area contributed by atoms with Crippen LogP contribution in [0.5, 0.6) is 5.75 Å². The van der Waals surface area contributed by atoms with E-state index in [1.54, 1.807) is 0 Å². The topological polar surface area (TPSA) is 105 Å². The Morgan fingerprint density at radius 3 is 2.38 bits per heavy atom. The van der Waals surface area contributed by atoms with Gasteiger partial charge in [-0.3, -0.25) is 9.35 Å². The Hall–Kier alpha value is -2.58. The molecule has 0 radical (unpaired) electrons. The van der Waals surface area contributed by atoms with E-state index in [-0.39, 0.29) is 22.4 Å². The van der Waals surface area contributed by atoms with Crippen molar-refractivity contribution in [2.75, 3.05) is 17.2 Å². The average molecular weight is 376 g/mol. The molecule has 2 aromatic carbocycles. The molecule has 0 spiro atoms. The van der Waals surface area contributed by atoms with Gasteiger partial charge >= 0.3 is 0 Å². The van der Waals surface area contributed by atoms with E-state index in [4.69, 9.17) is 4.74 Å². The Morgan fingerprint density at radius 2 is 1.81 bits per heavy atom. The Morgan fingerprint density at radius 1 is 1.15 bits per heavy atom. The highest BCUT2D eigenvalue weighted by Crippen LogP contribution is 2.33. The van der Waals surface area contributed by atoms with Crippen LogP contribution in [0.25, 0.3) is 0 Å². The van der Waals surface area contributed by atoms with Crippen LogP contribution < -0.4 is 15.4 Å². The van der Waals surface area contributed by atoms with Crippen LogP contribution in [-0.2, 0) is 14.9 Å². The first kappa shape index (κ1) is 18.2. The molecule has 0 unspecified atom stereocenters. The number of ether oxygens (including phenoxy) is 1. The molecule has 8 heteroatoms. The molecule has 1 amide bonds. The number of carbonyl (C=O) groups excluding carboxylic acids is 1. The maximum atomic E-state index is 12.0. The quantitative estimate of drug-likeness (QED) is 0.640. The third kappa shape index (κ3) is 4.53. The highest BCUT2D eigenvalue weighted by atomic mass is 32.2. The number of hydrogen-bond donors (Lipinski definition) is 3. The number of rotatable bonds is 7. The number of hydrogen-bond acceptors (Lipinski definition) is 5. The van der Waals surface area contributed by atoms with Crippen molar-refractivity contribution in [3.63, 3.8) is 0 Å². The molecule has 7 nitrogen and oxygen atoms in total. The fourth-order valence-corrected chi connectivity index (χ4v) is 3.11. The minimum absolute atomic E-state index is 0.0559. The van der Waals surface area contributed by atoms with Crippen LogP contribution in [0.4, 0.5) is 17.1 Å². The van der Waals surface area contributed by atoms with Crippen LogP contribution in [0.15, 0.2) is 47.4 Å². The Balaban J connectivity index is 1.84. The lowest BCUT2D eigenvalue weighted by atomic mass is 10.2. The number of benzene rings is 2. The second-order valence-corrected chi connectivity index (χ2v) is 7.42. The molecule has 1 fully saturated rings. The van der Waals surface area contributed by atoms with Crippen LogP contribution in [-0.4, -0.2) is 25.5 Å². The number of anilines is 3. The van der Waals surface area contributed by atoms with Crippen LogP contribution in [0.1, 0.15) is 19.8 Å². The molecule has 3 N–H and O–H groups in total. The maximum absolute atomic E-state index is 12.0. The molecule has 0 bridgehead atoms.